The number of carboxylic acid groups (broad SMARTS) is 2. The molecule has 0 radical (unpaired) electrons. The lowest BCUT2D eigenvalue weighted by atomic mass is 10.1. The Kier molecular flexibility index (Phi) is 4.34. The molecular formula is C14H16N2O4. The van der Waals surface area contributed by atoms with E-state index in [1.54, 1.807) is 0 Å². The van der Waals surface area contributed by atoms with Crippen molar-refractivity contribution in [1.82, 2.24) is 4.90 Å². The summed E-state index contributed by atoms with van der Waals surface area (Å²) in [6, 6.07) is 6.16. The molecule has 0 aromatic heterocycles. The molecule has 6 heteroatoms. The van der Waals surface area contributed by atoms with Crippen LogP contribution in [0.2, 0.25) is 0 Å². The summed E-state index contributed by atoms with van der Waals surface area (Å²) in [7, 11) is 0. The molecule has 2 N–H and O–H groups in total. The van der Waals surface area contributed by atoms with Crippen molar-refractivity contribution in [3.05, 3.63) is 35.4 Å². The quantitative estimate of drug-likeness (QED) is 0.855. The lowest BCUT2D eigenvalue weighted by molar-refractivity contribution is 0.0651. The van der Waals surface area contributed by atoms with Crippen molar-refractivity contribution in [1.29, 1.82) is 0 Å². The largest absolute Gasteiger partial charge is 0.478 e. The first-order valence-electron chi connectivity index (χ1n) is 6.41. The zero-order valence-electron chi connectivity index (χ0n) is 10.9. The first-order valence-corrected chi connectivity index (χ1v) is 6.41. The van der Waals surface area contributed by atoms with Gasteiger partial charge in [0.15, 0.2) is 0 Å². The van der Waals surface area contributed by atoms with Crippen molar-refractivity contribution in [2.24, 2.45) is 4.99 Å². The number of aromatic carboxylic acids is 2. The standard InChI is InChI=1S/C8H6O4.C6H10N2/c9-7(10)5-3-1-2-4-6(5)8(11)12;1-3-8-4-2-6(1)7-5-8/h1-4H,(H,9,10)(H,11,12);5-6H,1-4H2. The van der Waals surface area contributed by atoms with E-state index in [1.807, 2.05) is 6.34 Å². The second-order valence-electron chi connectivity index (χ2n) is 4.69. The first-order chi connectivity index (χ1) is 9.58. The van der Waals surface area contributed by atoms with E-state index in [2.05, 4.69) is 9.89 Å². The van der Waals surface area contributed by atoms with Crippen molar-refractivity contribution in [3.63, 3.8) is 0 Å². The molecule has 0 amide bonds. The minimum Gasteiger partial charge on any atom is -0.478 e. The Balaban J connectivity index is 0.000000157. The third-order valence-electron chi connectivity index (χ3n) is 3.33. The van der Waals surface area contributed by atoms with Gasteiger partial charge in [-0.05, 0) is 25.0 Å². The first kappa shape index (κ1) is 14.0. The zero-order valence-corrected chi connectivity index (χ0v) is 10.9. The maximum Gasteiger partial charge on any atom is 0.336 e. The van der Waals surface area contributed by atoms with Crippen LogP contribution in [-0.4, -0.2) is 52.5 Å². The number of rotatable bonds is 2. The van der Waals surface area contributed by atoms with Gasteiger partial charge in [-0.1, -0.05) is 12.1 Å². The molecule has 1 saturated heterocycles. The molecule has 1 aromatic carbocycles. The molecule has 1 fully saturated rings. The van der Waals surface area contributed by atoms with Gasteiger partial charge >= 0.3 is 11.9 Å². The average Bonchev–Trinajstić information content (AvgIpc) is 2.50. The second kappa shape index (κ2) is 6.18. The summed E-state index contributed by atoms with van der Waals surface area (Å²) in [6.07, 6.45) is 4.57. The monoisotopic (exact) mass is 276 g/mol. The van der Waals surface area contributed by atoms with Crippen LogP contribution in [0, 0.1) is 0 Å². The maximum atomic E-state index is 10.5. The van der Waals surface area contributed by atoms with Crippen LogP contribution in [0.5, 0.6) is 0 Å². The maximum absolute atomic E-state index is 10.5. The Morgan fingerprint density at radius 1 is 1.05 bits per heavy atom. The summed E-state index contributed by atoms with van der Waals surface area (Å²) in [4.78, 5) is 27.5. The smallest absolute Gasteiger partial charge is 0.336 e. The van der Waals surface area contributed by atoms with E-state index in [-0.39, 0.29) is 11.1 Å². The summed E-state index contributed by atoms with van der Waals surface area (Å²) >= 11 is 0. The van der Waals surface area contributed by atoms with Crippen molar-refractivity contribution >= 4 is 18.3 Å². The van der Waals surface area contributed by atoms with Crippen LogP contribution in [0.15, 0.2) is 29.3 Å². The third kappa shape index (κ3) is 3.34. The van der Waals surface area contributed by atoms with Gasteiger partial charge in [-0.3, -0.25) is 4.99 Å². The van der Waals surface area contributed by atoms with Gasteiger partial charge in [0.25, 0.3) is 0 Å². The van der Waals surface area contributed by atoms with Gasteiger partial charge in [0.05, 0.1) is 23.5 Å². The number of carbonyl (C=O) groups is 2. The minimum atomic E-state index is -1.23. The van der Waals surface area contributed by atoms with E-state index in [9.17, 15) is 9.59 Å². The Bertz CT molecular complexity index is 487. The number of nitrogens with zero attached hydrogens (tertiary/aromatic N) is 2. The van der Waals surface area contributed by atoms with Crippen LogP contribution in [0.4, 0.5) is 0 Å². The molecule has 2 bridgehead atoms. The molecule has 3 heterocycles. The van der Waals surface area contributed by atoms with Gasteiger partial charge in [-0.15, -0.1) is 0 Å². The molecular weight excluding hydrogens is 260 g/mol. The fraction of sp³-hybridized carbons (Fsp3) is 0.357. The number of aliphatic imine (C=N–C) groups is 1. The number of carboxylic acids is 2. The van der Waals surface area contributed by atoms with Crippen LogP contribution in [0.25, 0.3) is 0 Å². The molecule has 0 atom stereocenters. The Hall–Kier alpha value is -2.37. The molecule has 3 aliphatic rings. The van der Waals surface area contributed by atoms with Gasteiger partial charge in [0.1, 0.15) is 0 Å². The van der Waals surface area contributed by atoms with Crippen LogP contribution in [0.1, 0.15) is 33.6 Å². The molecule has 0 unspecified atom stereocenters. The highest BCUT2D eigenvalue weighted by Crippen LogP contribution is 2.16. The van der Waals surface area contributed by atoms with Crippen molar-refractivity contribution in [3.8, 4) is 0 Å². The van der Waals surface area contributed by atoms with E-state index in [4.69, 9.17) is 10.2 Å². The molecule has 20 heavy (non-hydrogen) atoms. The summed E-state index contributed by atoms with van der Waals surface area (Å²) in [5.74, 6) is -2.46. The number of hydrogen-bond acceptors (Lipinski definition) is 4. The minimum absolute atomic E-state index is 0.190. The summed E-state index contributed by atoms with van der Waals surface area (Å²) in [5.41, 5.74) is -0.380. The lowest BCUT2D eigenvalue weighted by Crippen LogP contribution is -2.39. The normalized spacial score (nSPS) is 16.5. The fourth-order valence-electron chi connectivity index (χ4n) is 2.20. The van der Waals surface area contributed by atoms with E-state index in [0.29, 0.717) is 6.04 Å². The Morgan fingerprint density at radius 2 is 1.55 bits per heavy atom. The SMILES string of the molecule is C1=NC2CCN1CC2.O=C(O)c1ccccc1C(=O)O. The molecule has 3 aliphatic heterocycles. The van der Waals surface area contributed by atoms with Gasteiger partial charge in [0, 0.05) is 13.1 Å². The zero-order chi connectivity index (χ0) is 14.5. The number of fused-ring (bicyclic) bond motifs is 2. The average molecular weight is 276 g/mol. The number of benzene rings is 1. The molecule has 4 rings (SSSR count). The summed E-state index contributed by atoms with van der Waals surface area (Å²) in [6.45, 7) is 2.49. The predicted molar refractivity (Wildman–Crippen MR) is 73.4 cm³/mol. The fourth-order valence-corrected chi connectivity index (χ4v) is 2.20. The number of piperidine rings is 1. The van der Waals surface area contributed by atoms with Crippen molar-refractivity contribution in [2.45, 2.75) is 18.9 Å². The molecule has 6 nitrogen and oxygen atoms in total. The van der Waals surface area contributed by atoms with E-state index < -0.39 is 11.9 Å². The number of hydrogen-bond donors (Lipinski definition) is 2. The Morgan fingerprint density at radius 3 is 1.75 bits per heavy atom. The van der Waals surface area contributed by atoms with E-state index in [1.165, 1.54) is 50.2 Å². The van der Waals surface area contributed by atoms with E-state index >= 15 is 0 Å². The highest BCUT2D eigenvalue weighted by atomic mass is 16.4. The van der Waals surface area contributed by atoms with Crippen LogP contribution in [-0.2, 0) is 0 Å². The van der Waals surface area contributed by atoms with E-state index in [0.717, 1.165) is 0 Å². The van der Waals surface area contributed by atoms with Gasteiger partial charge in [-0.25, -0.2) is 9.59 Å². The molecule has 0 spiro atoms. The van der Waals surface area contributed by atoms with Gasteiger partial charge < -0.3 is 15.1 Å². The lowest BCUT2D eigenvalue weighted by Gasteiger charge is -2.33. The summed E-state index contributed by atoms with van der Waals surface area (Å²) < 4.78 is 0. The van der Waals surface area contributed by atoms with Crippen LogP contribution in [0.3, 0.4) is 0 Å². The van der Waals surface area contributed by atoms with Crippen LogP contribution >= 0.6 is 0 Å². The topological polar surface area (TPSA) is 90.2 Å². The molecule has 106 valence electrons. The third-order valence-corrected chi connectivity index (χ3v) is 3.33. The Labute approximate surface area is 116 Å². The summed E-state index contributed by atoms with van der Waals surface area (Å²) in [5, 5.41) is 17.1. The highest BCUT2D eigenvalue weighted by molar-refractivity contribution is 6.01. The van der Waals surface area contributed by atoms with Crippen LogP contribution < -0.4 is 0 Å². The van der Waals surface area contributed by atoms with Crippen molar-refractivity contribution < 1.29 is 19.8 Å². The molecule has 0 aliphatic carbocycles. The molecule has 1 aromatic rings. The highest BCUT2D eigenvalue weighted by Gasteiger charge is 2.20. The second-order valence-corrected chi connectivity index (χ2v) is 4.69. The van der Waals surface area contributed by atoms with Gasteiger partial charge in [0.2, 0.25) is 0 Å². The molecule has 0 saturated carbocycles. The van der Waals surface area contributed by atoms with Gasteiger partial charge in [-0.2, -0.15) is 0 Å². The van der Waals surface area contributed by atoms with Crippen molar-refractivity contribution in [2.75, 3.05) is 13.1 Å². The predicted octanol–water partition coefficient (Wildman–Crippen LogP) is 1.58.